The van der Waals surface area contributed by atoms with E-state index in [4.69, 9.17) is 18.9 Å². The quantitative estimate of drug-likeness (QED) is 0.443. The first-order valence-corrected chi connectivity index (χ1v) is 11.4. The van der Waals surface area contributed by atoms with E-state index in [1.165, 1.54) is 19.3 Å². The molecule has 0 atom stereocenters. The van der Waals surface area contributed by atoms with Gasteiger partial charge in [0.2, 0.25) is 0 Å². The van der Waals surface area contributed by atoms with Gasteiger partial charge < -0.3 is 29.6 Å². The lowest BCUT2D eigenvalue weighted by atomic mass is 9.35. The average molecular weight is 443 g/mol. The minimum Gasteiger partial charge on any atom is -0.444 e. The van der Waals surface area contributed by atoms with Crippen molar-refractivity contribution < 1.29 is 28.5 Å². The molecule has 31 heavy (non-hydrogen) atoms. The molecule has 8 heteroatoms. The largest absolute Gasteiger partial charge is 0.444 e. The topological polar surface area (TPSA) is 95.1 Å². The van der Waals surface area contributed by atoms with Gasteiger partial charge in [-0.25, -0.2) is 9.59 Å². The number of rotatable bonds is 12. The van der Waals surface area contributed by atoms with Gasteiger partial charge in [-0.2, -0.15) is 0 Å². The number of amides is 2. The zero-order chi connectivity index (χ0) is 23.2. The van der Waals surface area contributed by atoms with Crippen molar-refractivity contribution >= 4 is 12.2 Å². The van der Waals surface area contributed by atoms with Gasteiger partial charge in [0.25, 0.3) is 0 Å². The van der Waals surface area contributed by atoms with Crippen molar-refractivity contribution in [3.63, 3.8) is 0 Å². The van der Waals surface area contributed by atoms with Crippen molar-refractivity contribution in [1.82, 2.24) is 10.6 Å². The molecule has 0 saturated heterocycles. The summed E-state index contributed by atoms with van der Waals surface area (Å²) < 4.78 is 22.1. The van der Waals surface area contributed by atoms with Crippen molar-refractivity contribution in [2.75, 3.05) is 39.5 Å². The van der Waals surface area contributed by atoms with Crippen molar-refractivity contribution in [1.29, 1.82) is 0 Å². The molecule has 3 aliphatic carbocycles. The van der Waals surface area contributed by atoms with Crippen LogP contribution in [0.4, 0.5) is 9.59 Å². The van der Waals surface area contributed by atoms with Crippen molar-refractivity contribution in [2.45, 2.75) is 84.8 Å². The highest BCUT2D eigenvalue weighted by Gasteiger charge is 2.67. The van der Waals surface area contributed by atoms with Crippen LogP contribution >= 0.6 is 0 Å². The lowest BCUT2D eigenvalue weighted by Gasteiger charge is -2.70. The molecule has 0 aromatic heterocycles. The molecule has 2 N–H and O–H groups in total. The Morgan fingerprint density at radius 3 is 1.39 bits per heavy atom. The minimum atomic E-state index is -0.471. The van der Waals surface area contributed by atoms with Crippen LogP contribution in [0, 0.1) is 10.8 Å². The highest BCUT2D eigenvalue weighted by molar-refractivity contribution is 5.67. The standard InChI is InChI=1S/C23H42N2O6/c1-20(2,3)30-18(26)24-9-7-11-28-16-22-13-23(14-22,15-22)17-29-12-8-10-25-19(27)31-21(4,5)6/h7-17H2,1-6H3,(H,24,26)(H,25,27). The van der Waals surface area contributed by atoms with E-state index >= 15 is 0 Å². The molecule has 0 aromatic carbocycles. The molecule has 0 unspecified atom stereocenters. The maximum Gasteiger partial charge on any atom is 0.407 e. The van der Waals surface area contributed by atoms with E-state index in [-0.39, 0.29) is 12.2 Å². The van der Waals surface area contributed by atoms with E-state index in [0.29, 0.717) is 37.1 Å². The predicted octanol–water partition coefficient (Wildman–Crippen LogP) is 4.02. The first kappa shape index (κ1) is 25.7. The zero-order valence-corrected chi connectivity index (χ0v) is 20.2. The van der Waals surface area contributed by atoms with Crippen molar-refractivity contribution in [3.8, 4) is 0 Å². The van der Waals surface area contributed by atoms with Gasteiger partial charge in [-0.1, -0.05) is 0 Å². The molecule has 2 amide bonds. The van der Waals surface area contributed by atoms with Crippen molar-refractivity contribution in [3.05, 3.63) is 0 Å². The number of hydrogen-bond donors (Lipinski definition) is 2. The van der Waals surface area contributed by atoms with Gasteiger partial charge in [0.1, 0.15) is 11.2 Å². The third-order valence-electron chi connectivity index (χ3n) is 5.33. The average Bonchev–Trinajstić information content (AvgIpc) is 2.52. The fourth-order valence-corrected chi connectivity index (χ4v) is 4.47. The molecule has 0 aromatic rings. The summed E-state index contributed by atoms with van der Waals surface area (Å²) in [6.07, 6.45) is 4.32. The van der Waals surface area contributed by atoms with Crippen LogP contribution in [0.2, 0.25) is 0 Å². The molecule has 0 heterocycles. The Hall–Kier alpha value is -1.54. The maximum atomic E-state index is 11.6. The molecule has 0 radical (unpaired) electrons. The van der Waals surface area contributed by atoms with Gasteiger partial charge in [0, 0.05) is 26.3 Å². The summed E-state index contributed by atoms with van der Waals surface area (Å²) in [5.41, 5.74) is -0.247. The van der Waals surface area contributed by atoms with E-state index in [2.05, 4.69) is 10.6 Å². The summed E-state index contributed by atoms with van der Waals surface area (Å²) in [5, 5.41) is 5.49. The summed E-state index contributed by atoms with van der Waals surface area (Å²) in [6.45, 7) is 15.1. The predicted molar refractivity (Wildman–Crippen MR) is 118 cm³/mol. The molecule has 3 aliphatic rings. The van der Waals surface area contributed by atoms with E-state index in [9.17, 15) is 9.59 Å². The van der Waals surface area contributed by atoms with Gasteiger partial charge in [0.05, 0.1) is 13.2 Å². The number of nitrogens with one attached hydrogen (secondary N) is 2. The second-order valence-electron chi connectivity index (χ2n) is 11.2. The lowest BCUT2D eigenvalue weighted by Crippen LogP contribution is -2.65. The molecular weight excluding hydrogens is 400 g/mol. The molecule has 0 spiro atoms. The van der Waals surface area contributed by atoms with Gasteiger partial charge in [-0.05, 0) is 84.5 Å². The fourth-order valence-electron chi connectivity index (χ4n) is 4.47. The molecule has 3 saturated carbocycles. The summed E-state index contributed by atoms with van der Waals surface area (Å²) in [4.78, 5) is 23.1. The third-order valence-corrected chi connectivity index (χ3v) is 5.33. The Labute approximate surface area is 187 Å². The van der Waals surface area contributed by atoms with Gasteiger partial charge >= 0.3 is 12.2 Å². The van der Waals surface area contributed by atoms with Crippen molar-refractivity contribution in [2.24, 2.45) is 10.8 Å². The Kier molecular flexibility index (Phi) is 8.62. The van der Waals surface area contributed by atoms with E-state index in [0.717, 1.165) is 26.1 Å². The number of alkyl carbamates (subject to hydrolysis) is 2. The van der Waals surface area contributed by atoms with Crippen LogP contribution in [0.25, 0.3) is 0 Å². The third kappa shape index (κ3) is 9.23. The summed E-state index contributed by atoms with van der Waals surface area (Å²) in [7, 11) is 0. The summed E-state index contributed by atoms with van der Waals surface area (Å²) in [5.74, 6) is 0. The molecule has 0 aliphatic heterocycles. The van der Waals surface area contributed by atoms with E-state index < -0.39 is 11.2 Å². The SMILES string of the molecule is CC(C)(C)OC(=O)NCCCOCC12CC(COCCCNC(=O)OC(C)(C)C)(C1)C2. The van der Waals surface area contributed by atoms with Gasteiger partial charge in [0.15, 0.2) is 0 Å². The Morgan fingerprint density at radius 1 is 0.710 bits per heavy atom. The molecular formula is C23H42N2O6. The van der Waals surface area contributed by atoms with E-state index in [1.807, 2.05) is 41.5 Å². The Balaban J connectivity index is 1.41. The van der Waals surface area contributed by atoms with Gasteiger partial charge in [-0.15, -0.1) is 0 Å². The second kappa shape index (κ2) is 10.4. The monoisotopic (exact) mass is 442 g/mol. The van der Waals surface area contributed by atoms with Crippen LogP contribution in [0.15, 0.2) is 0 Å². The van der Waals surface area contributed by atoms with Crippen LogP contribution in [0.5, 0.6) is 0 Å². The summed E-state index contributed by atoms with van der Waals surface area (Å²) >= 11 is 0. The fraction of sp³-hybridized carbons (Fsp3) is 0.913. The molecule has 3 fully saturated rings. The molecule has 8 nitrogen and oxygen atoms in total. The number of carbonyl (C=O) groups excluding carboxylic acids is 2. The maximum absolute atomic E-state index is 11.6. The van der Waals surface area contributed by atoms with Crippen LogP contribution in [-0.2, 0) is 18.9 Å². The normalized spacial score (nSPS) is 24.6. The molecule has 3 rings (SSSR count). The Morgan fingerprint density at radius 2 is 1.06 bits per heavy atom. The lowest BCUT2D eigenvalue weighted by molar-refractivity contribution is -0.253. The number of carbonyl (C=O) groups is 2. The van der Waals surface area contributed by atoms with Gasteiger partial charge in [-0.3, -0.25) is 0 Å². The highest BCUT2D eigenvalue weighted by atomic mass is 16.6. The van der Waals surface area contributed by atoms with Crippen LogP contribution < -0.4 is 10.6 Å². The van der Waals surface area contributed by atoms with E-state index in [1.54, 1.807) is 0 Å². The van der Waals surface area contributed by atoms with Crippen LogP contribution in [0.1, 0.15) is 73.6 Å². The first-order valence-electron chi connectivity index (χ1n) is 11.4. The molecule has 2 bridgehead atoms. The highest BCUT2D eigenvalue weighted by Crippen LogP contribution is 2.73. The second-order valence-corrected chi connectivity index (χ2v) is 11.2. The minimum absolute atomic E-state index is 0.347. The molecule has 180 valence electrons. The van der Waals surface area contributed by atoms with Crippen LogP contribution in [-0.4, -0.2) is 62.9 Å². The first-order chi connectivity index (χ1) is 14.3. The summed E-state index contributed by atoms with van der Waals surface area (Å²) in [6, 6.07) is 0. The smallest absolute Gasteiger partial charge is 0.407 e. The zero-order valence-electron chi connectivity index (χ0n) is 20.2. The van der Waals surface area contributed by atoms with Crippen LogP contribution in [0.3, 0.4) is 0 Å². The number of ether oxygens (including phenoxy) is 4. The Bertz CT molecular complexity index is 538. The number of hydrogen-bond acceptors (Lipinski definition) is 6.